The highest BCUT2D eigenvalue weighted by molar-refractivity contribution is 7.99. The average molecular weight is 199 g/mol. The molecular formula is C10H14FNS. The first-order valence-corrected chi connectivity index (χ1v) is 5.22. The first-order chi connectivity index (χ1) is 6.22. The summed E-state index contributed by atoms with van der Waals surface area (Å²) in [6.45, 7) is 1.60. The molecule has 1 rings (SSSR count). The number of thioether (sulfide) groups is 1. The summed E-state index contributed by atoms with van der Waals surface area (Å²) in [5.74, 6) is 0.638. The van der Waals surface area contributed by atoms with E-state index in [1.807, 2.05) is 31.2 Å². The van der Waals surface area contributed by atoms with E-state index in [1.165, 1.54) is 5.56 Å². The molecule has 3 heteroatoms. The third kappa shape index (κ3) is 3.79. The molecule has 1 aromatic rings. The molecule has 0 saturated carbocycles. The Morgan fingerprint density at radius 3 is 2.54 bits per heavy atom. The number of hydrogen-bond acceptors (Lipinski definition) is 2. The van der Waals surface area contributed by atoms with Gasteiger partial charge in [0.25, 0.3) is 0 Å². The molecule has 0 bridgehead atoms. The second kappa shape index (κ2) is 5.25. The first-order valence-electron chi connectivity index (χ1n) is 4.23. The number of hydrogen-bond donors (Lipinski definition) is 1. The van der Waals surface area contributed by atoms with Crippen LogP contribution in [0.1, 0.15) is 5.56 Å². The number of halogens is 1. The van der Waals surface area contributed by atoms with E-state index in [4.69, 9.17) is 5.73 Å². The van der Waals surface area contributed by atoms with Gasteiger partial charge in [-0.1, -0.05) is 17.7 Å². The normalized spacial score (nSPS) is 12.8. The summed E-state index contributed by atoms with van der Waals surface area (Å²) >= 11 is 1.60. The van der Waals surface area contributed by atoms with Gasteiger partial charge in [-0.3, -0.25) is 0 Å². The molecule has 0 heterocycles. The van der Waals surface area contributed by atoms with Crippen molar-refractivity contribution in [2.45, 2.75) is 17.9 Å². The van der Waals surface area contributed by atoms with Crippen molar-refractivity contribution in [1.82, 2.24) is 0 Å². The number of benzene rings is 1. The van der Waals surface area contributed by atoms with Gasteiger partial charge in [-0.15, -0.1) is 11.8 Å². The topological polar surface area (TPSA) is 26.0 Å². The minimum Gasteiger partial charge on any atom is -0.325 e. The van der Waals surface area contributed by atoms with E-state index in [2.05, 4.69) is 0 Å². The highest BCUT2D eigenvalue weighted by atomic mass is 32.2. The van der Waals surface area contributed by atoms with Crippen LogP contribution in [0.2, 0.25) is 0 Å². The monoisotopic (exact) mass is 199 g/mol. The van der Waals surface area contributed by atoms with Crippen LogP contribution in [-0.2, 0) is 0 Å². The number of aryl methyl sites for hydroxylation is 1. The molecule has 0 aliphatic rings. The Bertz CT molecular complexity index is 248. The molecule has 1 aromatic carbocycles. The van der Waals surface area contributed by atoms with Crippen molar-refractivity contribution in [3.8, 4) is 0 Å². The van der Waals surface area contributed by atoms with Crippen LogP contribution in [0.4, 0.5) is 4.39 Å². The van der Waals surface area contributed by atoms with Gasteiger partial charge in [0, 0.05) is 16.7 Å². The van der Waals surface area contributed by atoms with Crippen LogP contribution < -0.4 is 5.73 Å². The van der Waals surface area contributed by atoms with Crippen molar-refractivity contribution in [2.75, 3.05) is 12.4 Å². The lowest BCUT2D eigenvalue weighted by atomic mass is 10.2. The van der Waals surface area contributed by atoms with Crippen LogP contribution in [0.25, 0.3) is 0 Å². The van der Waals surface area contributed by atoms with Crippen molar-refractivity contribution in [3.05, 3.63) is 29.8 Å². The summed E-state index contributed by atoms with van der Waals surface area (Å²) in [4.78, 5) is 1.15. The summed E-state index contributed by atoms with van der Waals surface area (Å²) in [6.07, 6.45) is 0. The fraction of sp³-hybridized carbons (Fsp3) is 0.400. The van der Waals surface area contributed by atoms with E-state index < -0.39 is 6.67 Å². The highest BCUT2D eigenvalue weighted by Crippen LogP contribution is 2.18. The minimum absolute atomic E-state index is 0.341. The fourth-order valence-electron chi connectivity index (χ4n) is 0.882. The molecule has 2 N–H and O–H groups in total. The van der Waals surface area contributed by atoms with Crippen molar-refractivity contribution in [1.29, 1.82) is 0 Å². The lowest BCUT2D eigenvalue weighted by Gasteiger charge is -2.06. The lowest BCUT2D eigenvalue weighted by Crippen LogP contribution is -2.24. The molecular weight excluding hydrogens is 185 g/mol. The van der Waals surface area contributed by atoms with Crippen LogP contribution in [0.15, 0.2) is 29.2 Å². The second-order valence-corrected chi connectivity index (χ2v) is 4.13. The zero-order valence-corrected chi connectivity index (χ0v) is 8.48. The van der Waals surface area contributed by atoms with Gasteiger partial charge < -0.3 is 5.73 Å². The average Bonchev–Trinajstić information content (AvgIpc) is 2.16. The zero-order chi connectivity index (χ0) is 9.68. The van der Waals surface area contributed by atoms with E-state index in [0.29, 0.717) is 5.75 Å². The third-order valence-corrected chi connectivity index (χ3v) is 2.88. The molecule has 0 aliphatic carbocycles. The molecule has 0 saturated heterocycles. The fourth-order valence-corrected chi connectivity index (χ4v) is 1.71. The number of alkyl halides is 1. The second-order valence-electron chi connectivity index (χ2n) is 3.04. The summed E-state index contributed by atoms with van der Waals surface area (Å²) in [7, 11) is 0. The smallest absolute Gasteiger partial charge is 0.105 e. The van der Waals surface area contributed by atoms with Gasteiger partial charge in [0.15, 0.2) is 0 Å². The maximum Gasteiger partial charge on any atom is 0.105 e. The van der Waals surface area contributed by atoms with Crippen molar-refractivity contribution >= 4 is 11.8 Å². The number of rotatable bonds is 4. The predicted molar refractivity (Wildman–Crippen MR) is 55.9 cm³/mol. The summed E-state index contributed by atoms with van der Waals surface area (Å²) in [6, 6.07) is 7.81. The Labute approximate surface area is 82.5 Å². The molecule has 13 heavy (non-hydrogen) atoms. The Balaban J connectivity index is 2.41. The van der Waals surface area contributed by atoms with E-state index in [1.54, 1.807) is 11.8 Å². The molecule has 72 valence electrons. The Morgan fingerprint density at radius 2 is 2.00 bits per heavy atom. The molecule has 0 aromatic heterocycles. The Morgan fingerprint density at radius 1 is 1.38 bits per heavy atom. The van der Waals surface area contributed by atoms with Crippen LogP contribution >= 0.6 is 11.8 Å². The maximum atomic E-state index is 12.0. The van der Waals surface area contributed by atoms with Crippen LogP contribution in [-0.4, -0.2) is 18.5 Å². The highest BCUT2D eigenvalue weighted by Gasteiger charge is 2.01. The van der Waals surface area contributed by atoms with Gasteiger partial charge in [-0.25, -0.2) is 4.39 Å². The maximum absolute atomic E-state index is 12.0. The Kier molecular flexibility index (Phi) is 4.25. The SMILES string of the molecule is Cc1ccc(SC[C@@H](N)CF)cc1. The zero-order valence-electron chi connectivity index (χ0n) is 7.66. The van der Waals surface area contributed by atoms with E-state index in [0.717, 1.165) is 4.90 Å². The van der Waals surface area contributed by atoms with E-state index in [9.17, 15) is 4.39 Å². The van der Waals surface area contributed by atoms with Gasteiger partial charge in [-0.05, 0) is 19.1 Å². The van der Waals surface area contributed by atoms with Crippen molar-refractivity contribution < 1.29 is 4.39 Å². The first kappa shape index (κ1) is 10.5. The number of nitrogens with two attached hydrogens (primary N) is 1. The third-order valence-electron chi connectivity index (χ3n) is 1.68. The molecule has 0 fully saturated rings. The van der Waals surface area contributed by atoms with E-state index in [-0.39, 0.29) is 6.04 Å². The van der Waals surface area contributed by atoms with Gasteiger partial charge >= 0.3 is 0 Å². The standard InChI is InChI=1S/C10H14FNS/c1-8-2-4-10(5-3-8)13-7-9(12)6-11/h2-5,9H,6-7,12H2,1H3/t9-/m0/s1. The predicted octanol–water partition coefficient (Wildman–Crippen LogP) is 2.38. The van der Waals surface area contributed by atoms with Crippen molar-refractivity contribution in [2.24, 2.45) is 5.73 Å². The van der Waals surface area contributed by atoms with Crippen LogP contribution in [0.5, 0.6) is 0 Å². The van der Waals surface area contributed by atoms with Gasteiger partial charge in [0.05, 0.1) is 0 Å². The van der Waals surface area contributed by atoms with Crippen LogP contribution in [0, 0.1) is 6.92 Å². The molecule has 1 atom stereocenters. The molecule has 0 unspecified atom stereocenters. The Hall–Kier alpha value is -0.540. The van der Waals surface area contributed by atoms with Gasteiger partial charge in [0.2, 0.25) is 0 Å². The minimum atomic E-state index is -0.446. The summed E-state index contributed by atoms with van der Waals surface area (Å²) < 4.78 is 12.0. The molecule has 0 aliphatic heterocycles. The van der Waals surface area contributed by atoms with E-state index >= 15 is 0 Å². The molecule has 1 nitrogen and oxygen atoms in total. The molecule has 0 amide bonds. The molecule has 0 radical (unpaired) electrons. The van der Waals surface area contributed by atoms with Crippen molar-refractivity contribution in [3.63, 3.8) is 0 Å². The quantitative estimate of drug-likeness (QED) is 0.753. The summed E-state index contributed by atoms with van der Waals surface area (Å²) in [5.41, 5.74) is 6.69. The van der Waals surface area contributed by atoms with Gasteiger partial charge in [-0.2, -0.15) is 0 Å². The lowest BCUT2D eigenvalue weighted by molar-refractivity contribution is 0.449. The summed E-state index contributed by atoms with van der Waals surface area (Å²) in [5, 5.41) is 0. The largest absolute Gasteiger partial charge is 0.325 e. The van der Waals surface area contributed by atoms with Crippen LogP contribution in [0.3, 0.4) is 0 Å². The molecule has 0 spiro atoms. The van der Waals surface area contributed by atoms with Gasteiger partial charge in [0.1, 0.15) is 6.67 Å².